The van der Waals surface area contributed by atoms with E-state index in [0.717, 1.165) is 25.7 Å². The summed E-state index contributed by atoms with van der Waals surface area (Å²) < 4.78 is 11.3. The van der Waals surface area contributed by atoms with E-state index in [2.05, 4.69) is 6.92 Å². The first-order valence-electron chi connectivity index (χ1n) is 5.76. The molecule has 0 bridgehead atoms. The predicted molar refractivity (Wildman–Crippen MR) is 62.3 cm³/mol. The van der Waals surface area contributed by atoms with Gasteiger partial charge >= 0.3 is 7.60 Å². The van der Waals surface area contributed by atoms with E-state index in [9.17, 15) is 19.1 Å². The van der Waals surface area contributed by atoms with Crippen LogP contribution in [0.15, 0.2) is 0 Å². The van der Waals surface area contributed by atoms with Crippen molar-refractivity contribution in [2.45, 2.75) is 51.6 Å². The molecule has 0 amide bonds. The zero-order chi connectivity index (χ0) is 12.6. The van der Waals surface area contributed by atoms with E-state index in [0.29, 0.717) is 5.92 Å². The Morgan fingerprint density at radius 3 is 2.00 bits per heavy atom. The number of carbonyl (C=O) groups excluding carboxylic acids is 1. The Bertz CT molecular complexity index is 310. The summed E-state index contributed by atoms with van der Waals surface area (Å²) >= 11 is 0. The summed E-state index contributed by atoms with van der Waals surface area (Å²) in [6.07, 6.45) is 3.49. The van der Waals surface area contributed by atoms with Crippen LogP contribution in [-0.4, -0.2) is 20.7 Å². The van der Waals surface area contributed by atoms with Crippen molar-refractivity contribution in [2.75, 3.05) is 0 Å². The lowest BCUT2D eigenvalue weighted by atomic mass is 9.78. The monoisotopic (exact) mass is 248 g/mol. The molecule has 0 saturated heterocycles. The fourth-order valence-corrected chi connectivity index (χ4v) is 2.64. The lowest BCUT2D eigenvalue weighted by molar-refractivity contribution is -0.126. The van der Waals surface area contributed by atoms with Crippen molar-refractivity contribution in [3.63, 3.8) is 0 Å². The molecule has 94 valence electrons. The van der Waals surface area contributed by atoms with Crippen molar-refractivity contribution in [3.8, 4) is 0 Å². The van der Waals surface area contributed by atoms with Gasteiger partial charge in [-0.05, 0) is 32.6 Å². The van der Waals surface area contributed by atoms with E-state index in [1.165, 1.54) is 13.8 Å². The van der Waals surface area contributed by atoms with Gasteiger partial charge in [0.2, 0.25) is 0 Å². The molecule has 0 radical (unpaired) electrons. The SMILES string of the molecule is CC1CCC(C(=O)C(C)(C)P(=O)(O)O)CC1. The summed E-state index contributed by atoms with van der Waals surface area (Å²) in [5.74, 6) is 0.189. The van der Waals surface area contributed by atoms with E-state index in [4.69, 9.17) is 0 Å². The highest BCUT2D eigenvalue weighted by Gasteiger charge is 2.47. The Morgan fingerprint density at radius 2 is 1.62 bits per heavy atom. The molecule has 2 N–H and O–H groups in total. The highest BCUT2D eigenvalue weighted by atomic mass is 31.2. The summed E-state index contributed by atoms with van der Waals surface area (Å²) in [6, 6.07) is 0. The molecule has 0 aromatic carbocycles. The van der Waals surface area contributed by atoms with Crippen molar-refractivity contribution in [2.24, 2.45) is 11.8 Å². The van der Waals surface area contributed by atoms with Crippen LogP contribution < -0.4 is 0 Å². The molecule has 0 aromatic rings. The molecule has 16 heavy (non-hydrogen) atoms. The third-order valence-corrected chi connectivity index (χ3v) is 5.39. The second-order valence-electron chi connectivity index (χ2n) is 5.42. The highest BCUT2D eigenvalue weighted by molar-refractivity contribution is 7.54. The third-order valence-electron chi connectivity index (χ3n) is 3.72. The van der Waals surface area contributed by atoms with Crippen LogP contribution >= 0.6 is 7.60 Å². The first kappa shape index (κ1) is 13.9. The van der Waals surface area contributed by atoms with Gasteiger partial charge in [-0.1, -0.05) is 19.8 Å². The molecule has 4 nitrogen and oxygen atoms in total. The Balaban J connectivity index is 2.75. The minimum atomic E-state index is -4.36. The molecule has 1 aliphatic rings. The maximum absolute atomic E-state index is 12.1. The van der Waals surface area contributed by atoms with E-state index < -0.39 is 12.8 Å². The smallest absolute Gasteiger partial charge is 0.324 e. The van der Waals surface area contributed by atoms with Gasteiger partial charge in [-0.15, -0.1) is 0 Å². The van der Waals surface area contributed by atoms with E-state index in [1.807, 2.05) is 0 Å². The van der Waals surface area contributed by atoms with Crippen LogP contribution in [0.25, 0.3) is 0 Å². The molecule has 1 aliphatic carbocycles. The highest BCUT2D eigenvalue weighted by Crippen LogP contribution is 2.52. The standard InChI is InChI=1S/C11H21O4P/c1-8-4-6-9(7-5-8)10(12)11(2,3)16(13,14)15/h8-9H,4-7H2,1-3H3,(H2,13,14,15). The number of carbonyl (C=O) groups is 1. The normalized spacial score (nSPS) is 27.8. The quantitative estimate of drug-likeness (QED) is 0.752. The minimum absolute atomic E-state index is 0.168. The van der Waals surface area contributed by atoms with Crippen molar-refractivity contribution < 1.29 is 19.1 Å². The van der Waals surface area contributed by atoms with Crippen molar-refractivity contribution in [1.29, 1.82) is 0 Å². The Labute approximate surface area is 96.6 Å². The molecule has 1 fully saturated rings. The molecule has 0 spiro atoms. The lowest BCUT2D eigenvalue weighted by Crippen LogP contribution is -2.38. The van der Waals surface area contributed by atoms with Gasteiger partial charge in [0, 0.05) is 5.92 Å². The van der Waals surface area contributed by atoms with Crippen LogP contribution in [-0.2, 0) is 9.36 Å². The molecule has 0 atom stereocenters. The van der Waals surface area contributed by atoms with Gasteiger partial charge in [0.1, 0.15) is 5.16 Å². The summed E-state index contributed by atoms with van der Waals surface area (Å²) in [5, 5.41) is -1.53. The van der Waals surface area contributed by atoms with Gasteiger partial charge in [0.15, 0.2) is 5.78 Å². The molecule has 1 rings (SSSR count). The topological polar surface area (TPSA) is 74.6 Å². The first-order chi connectivity index (χ1) is 7.16. The third kappa shape index (κ3) is 2.73. The van der Waals surface area contributed by atoms with E-state index in [1.54, 1.807) is 0 Å². The molecular weight excluding hydrogens is 227 g/mol. The van der Waals surface area contributed by atoms with Gasteiger partial charge in [0.25, 0.3) is 0 Å². The number of Topliss-reactive ketones (excluding diaryl/α,β-unsaturated/α-hetero) is 1. The van der Waals surface area contributed by atoms with Crippen LogP contribution in [0, 0.1) is 11.8 Å². The second kappa shape index (κ2) is 4.59. The van der Waals surface area contributed by atoms with Crippen molar-refractivity contribution >= 4 is 13.4 Å². The number of hydrogen-bond donors (Lipinski definition) is 2. The van der Waals surface area contributed by atoms with Gasteiger partial charge in [-0.2, -0.15) is 0 Å². The average molecular weight is 248 g/mol. The molecule has 0 unspecified atom stereocenters. The molecular formula is C11H21O4P. The predicted octanol–water partition coefficient (Wildman–Crippen LogP) is 2.34. The van der Waals surface area contributed by atoms with Crippen LogP contribution in [0.2, 0.25) is 0 Å². The zero-order valence-corrected chi connectivity index (χ0v) is 11.0. The summed E-state index contributed by atoms with van der Waals surface area (Å²) in [7, 11) is -4.36. The fraction of sp³-hybridized carbons (Fsp3) is 0.909. The summed E-state index contributed by atoms with van der Waals surface area (Å²) in [6.45, 7) is 4.86. The van der Waals surface area contributed by atoms with Gasteiger partial charge in [-0.25, -0.2) is 0 Å². The van der Waals surface area contributed by atoms with E-state index >= 15 is 0 Å². The van der Waals surface area contributed by atoms with Crippen LogP contribution in [0.5, 0.6) is 0 Å². The summed E-state index contributed by atoms with van der Waals surface area (Å²) in [5.41, 5.74) is 0. The fourth-order valence-electron chi connectivity index (χ4n) is 2.17. The largest absolute Gasteiger partial charge is 0.338 e. The average Bonchev–Trinajstić information content (AvgIpc) is 2.16. The summed E-state index contributed by atoms with van der Waals surface area (Å²) in [4.78, 5) is 30.5. The maximum Gasteiger partial charge on any atom is 0.338 e. The molecule has 1 saturated carbocycles. The Kier molecular flexibility index (Phi) is 3.99. The van der Waals surface area contributed by atoms with Gasteiger partial charge < -0.3 is 9.79 Å². The van der Waals surface area contributed by atoms with Crippen molar-refractivity contribution in [3.05, 3.63) is 0 Å². The lowest BCUT2D eigenvalue weighted by Gasteiger charge is -2.32. The number of rotatable bonds is 3. The zero-order valence-electron chi connectivity index (χ0n) is 10.1. The number of hydrogen-bond acceptors (Lipinski definition) is 2. The molecule has 0 heterocycles. The molecule has 5 heteroatoms. The van der Waals surface area contributed by atoms with Crippen LogP contribution in [0.1, 0.15) is 46.5 Å². The first-order valence-corrected chi connectivity index (χ1v) is 7.37. The number of ketones is 1. The van der Waals surface area contributed by atoms with Crippen molar-refractivity contribution in [1.82, 2.24) is 0 Å². The van der Waals surface area contributed by atoms with Gasteiger partial charge in [0.05, 0.1) is 0 Å². The van der Waals surface area contributed by atoms with Crippen LogP contribution in [0.3, 0.4) is 0 Å². The van der Waals surface area contributed by atoms with Gasteiger partial charge in [-0.3, -0.25) is 9.36 Å². The Morgan fingerprint density at radius 1 is 1.19 bits per heavy atom. The Hall–Kier alpha value is -0.180. The second-order valence-corrected chi connectivity index (χ2v) is 7.63. The minimum Gasteiger partial charge on any atom is -0.324 e. The van der Waals surface area contributed by atoms with E-state index in [-0.39, 0.29) is 11.7 Å². The molecule has 0 aromatic heterocycles. The molecule has 0 aliphatic heterocycles. The van der Waals surface area contributed by atoms with Crippen LogP contribution in [0.4, 0.5) is 0 Å². The maximum atomic E-state index is 12.1.